The first-order chi connectivity index (χ1) is 11.0. The smallest absolute Gasteiger partial charge is 0.238 e. The van der Waals surface area contributed by atoms with Gasteiger partial charge in [-0.05, 0) is 63.7 Å². The van der Waals surface area contributed by atoms with E-state index in [1.54, 1.807) is 24.3 Å². The van der Waals surface area contributed by atoms with Crippen LogP contribution < -0.4 is 16.0 Å². The van der Waals surface area contributed by atoms with Crippen LogP contribution in [0.1, 0.15) is 19.3 Å². The Hall–Kier alpha value is -1.92. The number of hydrogen-bond acceptors (Lipinski definition) is 4. The van der Waals surface area contributed by atoms with Crippen molar-refractivity contribution in [3.05, 3.63) is 24.3 Å². The van der Waals surface area contributed by atoms with Crippen molar-refractivity contribution in [1.29, 1.82) is 0 Å². The van der Waals surface area contributed by atoms with Gasteiger partial charge in [-0.2, -0.15) is 0 Å². The zero-order valence-corrected chi connectivity index (χ0v) is 13.9. The van der Waals surface area contributed by atoms with Crippen LogP contribution >= 0.6 is 0 Å². The van der Waals surface area contributed by atoms with Crippen molar-refractivity contribution in [3.63, 3.8) is 0 Å². The van der Waals surface area contributed by atoms with E-state index in [9.17, 15) is 9.59 Å². The molecule has 0 heterocycles. The van der Waals surface area contributed by atoms with Crippen molar-refractivity contribution in [3.8, 4) is 0 Å². The van der Waals surface area contributed by atoms with E-state index < -0.39 is 0 Å². The molecule has 0 atom stereocenters. The van der Waals surface area contributed by atoms with Crippen molar-refractivity contribution in [2.24, 2.45) is 5.92 Å². The molecule has 0 spiro atoms. The highest BCUT2D eigenvalue weighted by atomic mass is 16.2. The number of hydrogen-bond donors (Lipinski definition) is 3. The van der Waals surface area contributed by atoms with Gasteiger partial charge >= 0.3 is 0 Å². The lowest BCUT2D eigenvalue weighted by atomic mass is 10.2. The van der Waals surface area contributed by atoms with Gasteiger partial charge in [0.15, 0.2) is 0 Å². The number of nitrogens with zero attached hydrogens (tertiary/aromatic N) is 1. The van der Waals surface area contributed by atoms with Crippen LogP contribution in [0.25, 0.3) is 0 Å². The molecule has 1 aromatic rings. The van der Waals surface area contributed by atoms with E-state index >= 15 is 0 Å². The summed E-state index contributed by atoms with van der Waals surface area (Å²) in [6.07, 6.45) is 3.00. The Labute approximate surface area is 137 Å². The van der Waals surface area contributed by atoms with E-state index in [0.29, 0.717) is 19.5 Å². The average molecular weight is 318 g/mol. The van der Waals surface area contributed by atoms with Crippen LogP contribution in [-0.2, 0) is 9.59 Å². The van der Waals surface area contributed by atoms with E-state index in [4.69, 9.17) is 0 Å². The second kappa shape index (κ2) is 8.64. The molecule has 126 valence electrons. The molecule has 1 aromatic carbocycles. The van der Waals surface area contributed by atoms with Crippen LogP contribution in [0, 0.1) is 5.92 Å². The number of anilines is 2. The van der Waals surface area contributed by atoms with Gasteiger partial charge in [0.25, 0.3) is 0 Å². The van der Waals surface area contributed by atoms with E-state index in [1.165, 1.54) is 12.8 Å². The number of rotatable bonds is 9. The minimum absolute atomic E-state index is 0.0141. The molecule has 1 fully saturated rings. The zero-order valence-electron chi connectivity index (χ0n) is 13.9. The van der Waals surface area contributed by atoms with Crippen molar-refractivity contribution in [1.82, 2.24) is 10.2 Å². The summed E-state index contributed by atoms with van der Waals surface area (Å²) >= 11 is 0. The number of carbonyl (C=O) groups excluding carboxylic acids is 2. The topological polar surface area (TPSA) is 73.5 Å². The molecule has 3 N–H and O–H groups in total. The van der Waals surface area contributed by atoms with Crippen molar-refractivity contribution in [2.75, 3.05) is 44.4 Å². The first-order valence-corrected chi connectivity index (χ1v) is 8.08. The third-order valence-corrected chi connectivity index (χ3v) is 3.65. The molecule has 6 heteroatoms. The van der Waals surface area contributed by atoms with Crippen molar-refractivity contribution >= 4 is 23.2 Å². The van der Waals surface area contributed by atoms with Gasteiger partial charge in [-0.15, -0.1) is 0 Å². The van der Waals surface area contributed by atoms with Gasteiger partial charge in [0.1, 0.15) is 0 Å². The fourth-order valence-corrected chi connectivity index (χ4v) is 2.10. The second-order valence-corrected chi connectivity index (χ2v) is 6.30. The predicted molar refractivity (Wildman–Crippen MR) is 92.5 cm³/mol. The lowest BCUT2D eigenvalue weighted by Crippen LogP contribution is -2.29. The van der Waals surface area contributed by atoms with Gasteiger partial charge in [-0.3, -0.25) is 9.59 Å². The molecule has 23 heavy (non-hydrogen) atoms. The first-order valence-electron chi connectivity index (χ1n) is 8.08. The maximum absolute atomic E-state index is 11.8. The highest BCUT2D eigenvalue weighted by Gasteiger charge is 2.20. The summed E-state index contributed by atoms with van der Waals surface area (Å²) in [4.78, 5) is 25.5. The summed E-state index contributed by atoms with van der Waals surface area (Å²) < 4.78 is 0. The first kappa shape index (κ1) is 17.4. The fraction of sp³-hybridized carbons (Fsp3) is 0.529. The molecule has 0 saturated heterocycles. The van der Waals surface area contributed by atoms with Gasteiger partial charge in [0, 0.05) is 24.3 Å². The highest BCUT2D eigenvalue weighted by Crippen LogP contribution is 2.27. The summed E-state index contributed by atoms with van der Waals surface area (Å²) in [5.74, 6) is 0.700. The maximum Gasteiger partial charge on any atom is 0.238 e. The molecule has 6 nitrogen and oxygen atoms in total. The largest absolute Gasteiger partial charge is 0.326 e. The predicted octanol–water partition coefficient (Wildman–Crippen LogP) is 1.51. The summed E-state index contributed by atoms with van der Waals surface area (Å²) in [7, 11) is 3.87. The van der Waals surface area contributed by atoms with E-state index in [0.717, 1.165) is 23.8 Å². The number of benzene rings is 1. The van der Waals surface area contributed by atoms with Crippen LogP contribution in [0.2, 0.25) is 0 Å². The van der Waals surface area contributed by atoms with Crippen molar-refractivity contribution in [2.45, 2.75) is 19.3 Å². The second-order valence-electron chi connectivity index (χ2n) is 6.30. The van der Waals surface area contributed by atoms with Gasteiger partial charge in [-0.25, -0.2) is 0 Å². The quantitative estimate of drug-likeness (QED) is 0.645. The minimum atomic E-state index is -0.0478. The van der Waals surface area contributed by atoms with E-state index in [1.807, 2.05) is 19.0 Å². The van der Waals surface area contributed by atoms with Gasteiger partial charge in [-0.1, -0.05) is 0 Å². The zero-order chi connectivity index (χ0) is 16.7. The Morgan fingerprint density at radius 1 is 1.04 bits per heavy atom. The van der Waals surface area contributed by atoms with Crippen LogP contribution in [-0.4, -0.2) is 50.4 Å². The van der Waals surface area contributed by atoms with Gasteiger partial charge in [0.05, 0.1) is 6.54 Å². The molecular weight excluding hydrogens is 292 g/mol. The lowest BCUT2D eigenvalue weighted by molar-refractivity contribution is -0.116. The Morgan fingerprint density at radius 3 is 2.13 bits per heavy atom. The standard InChI is InChI=1S/C17H26N4O2/c1-21(2)10-9-16(22)19-14-5-7-15(8-6-14)20-17(23)12-18-11-13-3-4-13/h5-8,13,18H,3-4,9-12H2,1-2H3,(H,19,22)(H,20,23). The summed E-state index contributed by atoms with van der Waals surface area (Å²) in [6, 6.07) is 7.17. The third kappa shape index (κ3) is 7.25. The van der Waals surface area contributed by atoms with Crippen LogP contribution in [0.4, 0.5) is 11.4 Å². The number of carbonyl (C=O) groups is 2. The molecule has 0 bridgehead atoms. The van der Waals surface area contributed by atoms with Crippen LogP contribution in [0.3, 0.4) is 0 Å². The molecule has 1 aliphatic rings. The molecule has 1 aliphatic carbocycles. The van der Waals surface area contributed by atoms with Gasteiger partial charge in [0.2, 0.25) is 11.8 Å². The average Bonchev–Trinajstić information content (AvgIpc) is 3.31. The normalized spacial score (nSPS) is 13.9. The summed E-state index contributed by atoms with van der Waals surface area (Å²) in [5, 5.41) is 8.83. The van der Waals surface area contributed by atoms with Gasteiger partial charge < -0.3 is 20.9 Å². The fourth-order valence-electron chi connectivity index (χ4n) is 2.10. The minimum Gasteiger partial charge on any atom is -0.326 e. The molecule has 0 unspecified atom stereocenters. The molecule has 2 rings (SSSR count). The van der Waals surface area contributed by atoms with Crippen LogP contribution in [0.5, 0.6) is 0 Å². The molecule has 1 saturated carbocycles. The van der Waals surface area contributed by atoms with E-state index in [-0.39, 0.29) is 11.8 Å². The highest BCUT2D eigenvalue weighted by molar-refractivity contribution is 5.93. The molecule has 0 radical (unpaired) electrons. The summed E-state index contributed by atoms with van der Waals surface area (Å²) in [6.45, 7) is 1.97. The molecular formula is C17H26N4O2. The molecule has 0 aliphatic heterocycles. The molecule has 2 amide bonds. The lowest BCUT2D eigenvalue weighted by Gasteiger charge is -2.10. The maximum atomic E-state index is 11.8. The Bertz CT molecular complexity index is 524. The SMILES string of the molecule is CN(C)CCC(=O)Nc1ccc(NC(=O)CNCC2CC2)cc1. The van der Waals surface area contributed by atoms with Crippen LogP contribution in [0.15, 0.2) is 24.3 Å². The monoisotopic (exact) mass is 318 g/mol. The summed E-state index contributed by atoms with van der Waals surface area (Å²) in [5.41, 5.74) is 1.47. The Kier molecular flexibility index (Phi) is 6.55. The Balaban J connectivity index is 1.70. The third-order valence-electron chi connectivity index (χ3n) is 3.65. The number of nitrogens with one attached hydrogen (secondary N) is 3. The number of amides is 2. The Morgan fingerprint density at radius 2 is 1.61 bits per heavy atom. The molecule has 0 aromatic heterocycles. The van der Waals surface area contributed by atoms with Crippen molar-refractivity contribution < 1.29 is 9.59 Å². The van der Waals surface area contributed by atoms with E-state index in [2.05, 4.69) is 16.0 Å².